The van der Waals surface area contributed by atoms with E-state index in [1.54, 1.807) is 0 Å². The first-order chi connectivity index (χ1) is 12.2. The molecule has 0 saturated heterocycles. The van der Waals surface area contributed by atoms with Gasteiger partial charge in [0, 0.05) is 24.3 Å². The molecule has 2 heterocycles. The lowest BCUT2D eigenvalue weighted by atomic mass is 10.0. The van der Waals surface area contributed by atoms with Gasteiger partial charge in [-0.2, -0.15) is 5.10 Å². The van der Waals surface area contributed by atoms with Gasteiger partial charge in [0.2, 0.25) is 0 Å². The van der Waals surface area contributed by atoms with E-state index < -0.39 is 0 Å². The lowest BCUT2D eigenvalue weighted by molar-refractivity contribution is 0.485. The molecule has 0 aliphatic rings. The summed E-state index contributed by atoms with van der Waals surface area (Å²) in [5, 5.41) is 15.6. The molecule has 0 atom stereocenters. The molecule has 0 aliphatic carbocycles. The first kappa shape index (κ1) is 15.6. The highest BCUT2D eigenvalue weighted by Crippen LogP contribution is 2.26. The maximum atomic E-state index is 4.50. The summed E-state index contributed by atoms with van der Waals surface area (Å²) in [7, 11) is 0. The summed E-state index contributed by atoms with van der Waals surface area (Å²) >= 11 is 0. The first-order valence-electron chi connectivity index (χ1n) is 8.60. The molecule has 126 valence electrons. The molecule has 0 N–H and O–H groups in total. The van der Waals surface area contributed by atoms with Crippen molar-refractivity contribution in [3.63, 3.8) is 0 Å². The van der Waals surface area contributed by atoms with E-state index in [-0.39, 0.29) is 0 Å². The topological polar surface area (TPSA) is 48.5 Å². The largest absolute Gasteiger partial charge is 0.270 e. The van der Waals surface area contributed by atoms with E-state index in [1.165, 1.54) is 16.5 Å². The van der Waals surface area contributed by atoms with Crippen molar-refractivity contribution < 1.29 is 0 Å². The molecule has 4 rings (SSSR count). The maximum Gasteiger partial charge on any atom is 0.113 e. The van der Waals surface area contributed by atoms with Crippen LogP contribution in [0.2, 0.25) is 0 Å². The van der Waals surface area contributed by atoms with Crippen LogP contribution in [0, 0.1) is 13.8 Å². The monoisotopic (exact) mass is 331 g/mol. The number of hydrogen-bond acceptors (Lipinski definition) is 3. The second-order valence-electron chi connectivity index (χ2n) is 6.40. The molecule has 0 radical (unpaired) electrons. The van der Waals surface area contributed by atoms with Crippen LogP contribution in [-0.4, -0.2) is 24.8 Å². The SMILES string of the molecule is Cc1cc(C)n(CCCn2cc(-c3cccc4ccccc34)nn2)n1. The van der Waals surface area contributed by atoms with E-state index in [0.29, 0.717) is 0 Å². The van der Waals surface area contributed by atoms with Crippen LogP contribution in [0.15, 0.2) is 54.7 Å². The lowest BCUT2D eigenvalue weighted by Gasteiger charge is -2.04. The van der Waals surface area contributed by atoms with Gasteiger partial charge in [0.1, 0.15) is 5.69 Å². The summed E-state index contributed by atoms with van der Waals surface area (Å²) in [4.78, 5) is 0. The fourth-order valence-corrected chi connectivity index (χ4v) is 3.26. The van der Waals surface area contributed by atoms with Crippen LogP contribution in [-0.2, 0) is 13.1 Å². The van der Waals surface area contributed by atoms with Gasteiger partial charge in [-0.3, -0.25) is 9.36 Å². The fourth-order valence-electron chi connectivity index (χ4n) is 3.26. The van der Waals surface area contributed by atoms with Crippen molar-refractivity contribution >= 4 is 10.8 Å². The first-order valence-corrected chi connectivity index (χ1v) is 8.60. The lowest BCUT2D eigenvalue weighted by Crippen LogP contribution is -2.07. The number of hydrogen-bond donors (Lipinski definition) is 0. The van der Waals surface area contributed by atoms with Crippen LogP contribution < -0.4 is 0 Å². The molecule has 2 aromatic heterocycles. The quantitative estimate of drug-likeness (QED) is 0.555. The molecular weight excluding hydrogens is 310 g/mol. The minimum atomic E-state index is 0.829. The van der Waals surface area contributed by atoms with Crippen molar-refractivity contribution in [1.82, 2.24) is 24.8 Å². The summed E-state index contributed by atoms with van der Waals surface area (Å²) in [5.74, 6) is 0. The Labute approximate surface area is 146 Å². The molecule has 0 spiro atoms. The fraction of sp³-hybridized carbons (Fsp3) is 0.250. The minimum absolute atomic E-state index is 0.829. The summed E-state index contributed by atoms with van der Waals surface area (Å²) in [6, 6.07) is 16.8. The molecule has 4 aromatic rings. The van der Waals surface area contributed by atoms with Crippen LogP contribution in [0.1, 0.15) is 17.8 Å². The van der Waals surface area contributed by atoms with Crippen LogP contribution in [0.25, 0.3) is 22.0 Å². The van der Waals surface area contributed by atoms with Crippen LogP contribution >= 0.6 is 0 Å². The maximum absolute atomic E-state index is 4.50. The average Bonchev–Trinajstić information content (AvgIpc) is 3.21. The summed E-state index contributed by atoms with van der Waals surface area (Å²) in [6.45, 7) is 5.84. The third-order valence-electron chi connectivity index (χ3n) is 4.46. The van der Waals surface area contributed by atoms with E-state index in [2.05, 4.69) is 75.5 Å². The van der Waals surface area contributed by atoms with Crippen molar-refractivity contribution in [2.24, 2.45) is 0 Å². The smallest absolute Gasteiger partial charge is 0.113 e. The zero-order valence-corrected chi connectivity index (χ0v) is 14.6. The molecule has 0 amide bonds. The Kier molecular flexibility index (Phi) is 4.06. The zero-order chi connectivity index (χ0) is 17.2. The Morgan fingerprint density at radius 3 is 2.64 bits per heavy atom. The van der Waals surface area contributed by atoms with Crippen molar-refractivity contribution in [2.75, 3.05) is 0 Å². The van der Waals surface area contributed by atoms with E-state index in [9.17, 15) is 0 Å². The molecule has 5 heteroatoms. The van der Waals surface area contributed by atoms with E-state index in [1.807, 2.05) is 17.8 Å². The number of fused-ring (bicyclic) bond motifs is 1. The Morgan fingerprint density at radius 1 is 0.960 bits per heavy atom. The summed E-state index contributed by atoms with van der Waals surface area (Å²) in [5.41, 5.74) is 4.31. The molecule has 0 fully saturated rings. The molecule has 2 aromatic carbocycles. The Balaban J connectivity index is 1.49. The van der Waals surface area contributed by atoms with Gasteiger partial charge in [-0.15, -0.1) is 5.10 Å². The number of rotatable bonds is 5. The van der Waals surface area contributed by atoms with E-state index >= 15 is 0 Å². The second kappa shape index (κ2) is 6.51. The van der Waals surface area contributed by atoms with E-state index in [0.717, 1.165) is 36.5 Å². The van der Waals surface area contributed by atoms with Gasteiger partial charge in [0.05, 0.1) is 11.9 Å². The van der Waals surface area contributed by atoms with E-state index in [4.69, 9.17) is 0 Å². The molecular formula is C20H21N5. The standard InChI is InChI=1S/C20H21N5/c1-15-13-16(2)25(22-15)12-6-11-24-14-20(21-23-24)19-10-5-8-17-7-3-4-9-18(17)19/h3-5,7-10,13-14H,6,11-12H2,1-2H3. The van der Waals surface area contributed by atoms with Gasteiger partial charge in [-0.05, 0) is 37.1 Å². The average molecular weight is 331 g/mol. The zero-order valence-electron chi connectivity index (χ0n) is 14.6. The Morgan fingerprint density at radius 2 is 1.80 bits per heavy atom. The Bertz CT molecular complexity index is 1010. The number of benzene rings is 2. The van der Waals surface area contributed by atoms with Gasteiger partial charge in [0.25, 0.3) is 0 Å². The highest BCUT2D eigenvalue weighted by atomic mass is 15.4. The predicted octanol–water partition coefficient (Wildman–Crippen LogP) is 4.00. The van der Waals surface area contributed by atoms with Crippen molar-refractivity contribution in [1.29, 1.82) is 0 Å². The molecule has 0 bridgehead atoms. The molecule has 0 aliphatic heterocycles. The van der Waals surface area contributed by atoms with Crippen LogP contribution in [0.5, 0.6) is 0 Å². The van der Waals surface area contributed by atoms with Gasteiger partial charge < -0.3 is 0 Å². The van der Waals surface area contributed by atoms with Crippen molar-refractivity contribution in [2.45, 2.75) is 33.4 Å². The second-order valence-corrected chi connectivity index (χ2v) is 6.40. The highest BCUT2D eigenvalue weighted by Gasteiger charge is 2.08. The van der Waals surface area contributed by atoms with Crippen molar-refractivity contribution in [3.05, 3.63) is 66.1 Å². The third kappa shape index (κ3) is 3.18. The van der Waals surface area contributed by atoms with Crippen LogP contribution in [0.4, 0.5) is 0 Å². The number of aryl methyl sites for hydroxylation is 4. The van der Waals surface area contributed by atoms with Gasteiger partial charge in [-0.1, -0.05) is 47.7 Å². The predicted molar refractivity (Wildman–Crippen MR) is 99.3 cm³/mol. The van der Waals surface area contributed by atoms with Gasteiger partial charge in [-0.25, -0.2) is 0 Å². The minimum Gasteiger partial charge on any atom is -0.270 e. The third-order valence-corrected chi connectivity index (χ3v) is 4.46. The normalized spacial score (nSPS) is 11.3. The summed E-state index contributed by atoms with van der Waals surface area (Å²) in [6.07, 6.45) is 3.00. The number of nitrogens with zero attached hydrogens (tertiary/aromatic N) is 5. The van der Waals surface area contributed by atoms with Crippen molar-refractivity contribution in [3.8, 4) is 11.3 Å². The number of aromatic nitrogens is 5. The molecule has 5 nitrogen and oxygen atoms in total. The molecule has 25 heavy (non-hydrogen) atoms. The van der Waals surface area contributed by atoms with Gasteiger partial charge >= 0.3 is 0 Å². The Hall–Kier alpha value is -2.95. The van der Waals surface area contributed by atoms with Crippen LogP contribution in [0.3, 0.4) is 0 Å². The summed E-state index contributed by atoms with van der Waals surface area (Å²) < 4.78 is 3.97. The highest BCUT2D eigenvalue weighted by molar-refractivity contribution is 5.95. The molecule has 0 unspecified atom stereocenters. The molecule has 0 saturated carbocycles. The van der Waals surface area contributed by atoms with Gasteiger partial charge in [0.15, 0.2) is 0 Å².